The maximum absolute atomic E-state index is 9.93. The molecule has 1 aromatic carbocycles. The van der Waals surface area contributed by atoms with E-state index in [0.717, 1.165) is 79.6 Å². The molecule has 2 N–H and O–H groups in total. The molecule has 1 atom stereocenters. The maximum Gasteiger partial charge on any atom is 0.227 e. The number of anilines is 2. The fourth-order valence-electron chi connectivity index (χ4n) is 4.73. The van der Waals surface area contributed by atoms with Gasteiger partial charge in [0.15, 0.2) is 0 Å². The summed E-state index contributed by atoms with van der Waals surface area (Å²) in [7, 11) is 1.63. The van der Waals surface area contributed by atoms with Crippen LogP contribution in [0.3, 0.4) is 0 Å². The number of benzene rings is 1. The van der Waals surface area contributed by atoms with E-state index in [4.69, 9.17) is 19.2 Å². The van der Waals surface area contributed by atoms with Crippen LogP contribution in [0.2, 0.25) is 0 Å². The summed E-state index contributed by atoms with van der Waals surface area (Å²) in [5, 5.41) is 13.2. The highest BCUT2D eigenvalue weighted by Crippen LogP contribution is 2.39. The van der Waals surface area contributed by atoms with E-state index < -0.39 is 0 Å². The smallest absolute Gasteiger partial charge is 0.227 e. The standard InChI is InChI=1S/C27H33N5O4/c1-27(18-33)7-5-23-21(27)15-19(17-29-23)22-6-8-28-26(30-22)31-24-4-3-20(16-25(24)34-2)36-14-11-32-9-12-35-13-10-32/h3-4,6,8,15-17,33H,5,7,9-14,18H2,1-2H3,(H,28,30,31). The van der Waals surface area contributed by atoms with Gasteiger partial charge < -0.3 is 24.6 Å². The van der Waals surface area contributed by atoms with Crippen LogP contribution in [0, 0.1) is 0 Å². The number of methoxy groups -OCH3 is 1. The molecule has 0 amide bonds. The van der Waals surface area contributed by atoms with Crippen LogP contribution in [-0.4, -0.2) is 78.1 Å². The first-order valence-corrected chi connectivity index (χ1v) is 12.4. The molecule has 2 aromatic heterocycles. The number of morpholine rings is 1. The first kappa shape index (κ1) is 24.4. The zero-order valence-electron chi connectivity index (χ0n) is 20.9. The number of pyridine rings is 1. The fraction of sp³-hybridized carbons (Fsp3) is 0.444. The Hall–Kier alpha value is -3.27. The third-order valence-electron chi connectivity index (χ3n) is 7.03. The van der Waals surface area contributed by atoms with E-state index in [-0.39, 0.29) is 12.0 Å². The molecule has 3 aromatic rings. The minimum absolute atomic E-state index is 0.106. The number of nitrogens with one attached hydrogen (secondary N) is 1. The van der Waals surface area contributed by atoms with Crippen molar-refractivity contribution in [2.45, 2.75) is 25.2 Å². The second kappa shape index (κ2) is 10.8. The van der Waals surface area contributed by atoms with Gasteiger partial charge in [-0.05, 0) is 42.7 Å². The van der Waals surface area contributed by atoms with Gasteiger partial charge in [0.2, 0.25) is 5.95 Å². The van der Waals surface area contributed by atoms with Crippen molar-refractivity contribution < 1.29 is 19.3 Å². The molecule has 1 saturated heterocycles. The summed E-state index contributed by atoms with van der Waals surface area (Å²) in [6, 6.07) is 9.64. The van der Waals surface area contributed by atoms with Crippen molar-refractivity contribution in [3.05, 3.63) is 54.0 Å². The average Bonchev–Trinajstić information content (AvgIpc) is 3.26. The lowest BCUT2D eigenvalue weighted by molar-refractivity contribution is 0.0322. The molecule has 3 heterocycles. The van der Waals surface area contributed by atoms with Gasteiger partial charge in [0, 0.05) is 54.8 Å². The molecule has 190 valence electrons. The van der Waals surface area contributed by atoms with Crippen molar-refractivity contribution in [2.75, 3.05) is 58.5 Å². The second-order valence-electron chi connectivity index (χ2n) is 9.49. The predicted molar refractivity (Wildman–Crippen MR) is 137 cm³/mol. The van der Waals surface area contributed by atoms with E-state index in [9.17, 15) is 5.11 Å². The molecule has 9 nitrogen and oxygen atoms in total. The molecule has 0 bridgehead atoms. The summed E-state index contributed by atoms with van der Waals surface area (Å²) < 4.78 is 16.9. The van der Waals surface area contributed by atoms with Gasteiger partial charge in [0.1, 0.15) is 18.1 Å². The van der Waals surface area contributed by atoms with Gasteiger partial charge in [-0.1, -0.05) is 6.92 Å². The quantitative estimate of drug-likeness (QED) is 0.467. The van der Waals surface area contributed by atoms with E-state index in [1.807, 2.05) is 30.5 Å². The van der Waals surface area contributed by atoms with Gasteiger partial charge in [-0.25, -0.2) is 9.97 Å². The number of aliphatic hydroxyl groups is 1. The van der Waals surface area contributed by atoms with Crippen LogP contribution in [0.25, 0.3) is 11.3 Å². The van der Waals surface area contributed by atoms with Crippen LogP contribution in [0.4, 0.5) is 11.6 Å². The molecule has 2 aliphatic rings. The van der Waals surface area contributed by atoms with Crippen molar-refractivity contribution in [3.63, 3.8) is 0 Å². The predicted octanol–water partition coefficient (Wildman–Crippen LogP) is 3.20. The van der Waals surface area contributed by atoms with E-state index >= 15 is 0 Å². The lowest BCUT2D eigenvalue weighted by atomic mass is 9.85. The van der Waals surface area contributed by atoms with Crippen molar-refractivity contribution in [1.29, 1.82) is 0 Å². The maximum atomic E-state index is 9.93. The lowest BCUT2D eigenvalue weighted by Crippen LogP contribution is -2.38. The fourth-order valence-corrected chi connectivity index (χ4v) is 4.73. The Labute approximate surface area is 211 Å². The van der Waals surface area contributed by atoms with Crippen LogP contribution in [0.15, 0.2) is 42.7 Å². The number of aryl methyl sites for hydroxylation is 1. The molecule has 0 saturated carbocycles. The molecule has 0 radical (unpaired) electrons. The van der Waals surface area contributed by atoms with Crippen LogP contribution >= 0.6 is 0 Å². The highest BCUT2D eigenvalue weighted by Gasteiger charge is 2.35. The molecule has 1 unspecified atom stereocenters. The molecule has 36 heavy (non-hydrogen) atoms. The number of hydrogen-bond acceptors (Lipinski definition) is 9. The molecular formula is C27H33N5O4. The highest BCUT2D eigenvalue weighted by atomic mass is 16.5. The van der Waals surface area contributed by atoms with Crippen LogP contribution in [0.1, 0.15) is 24.6 Å². The van der Waals surface area contributed by atoms with Gasteiger partial charge in [-0.15, -0.1) is 0 Å². The molecule has 0 spiro atoms. The first-order chi connectivity index (χ1) is 17.6. The van der Waals surface area contributed by atoms with E-state index in [1.54, 1.807) is 13.3 Å². The Morgan fingerprint density at radius 1 is 1.17 bits per heavy atom. The average molecular weight is 492 g/mol. The Bertz CT molecular complexity index is 1200. The minimum Gasteiger partial charge on any atom is -0.494 e. The zero-order valence-corrected chi connectivity index (χ0v) is 20.9. The zero-order chi connectivity index (χ0) is 25.0. The van der Waals surface area contributed by atoms with Crippen molar-refractivity contribution >= 4 is 11.6 Å². The number of hydrogen-bond donors (Lipinski definition) is 2. The third-order valence-corrected chi connectivity index (χ3v) is 7.03. The number of fused-ring (bicyclic) bond motifs is 1. The van der Waals surface area contributed by atoms with E-state index in [1.165, 1.54) is 0 Å². The Balaban J connectivity index is 1.28. The number of aromatic nitrogens is 3. The number of aliphatic hydroxyl groups excluding tert-OH is 1. The third kappa shape index (κ3) is 5.28. The monoisotopic (exact) mass is 491 g/mol. The normalized spacial score (nSPS) is 19.6. The molecule has 1 fully saturated rings. The van der Waals surface area contributed by atoms with Gasteiger partial charge >= 0.3 is 0 Å². The van der Waals surface area contributed by atoms with E-state index in [0.29, 0.717) is 18.3 Å². The van der Waals surface area contributed by atoms with Gasteiger partial charge in [-0.3, -0.25) is 9.88 Å². The Kier molecular flexibility index (Phi) is 7.31. The van der Waals surface area contributed by atoms with Gasteiger partial charge in [0.25, 0.3) is 0 Å². The first-order valence-electron chi connectivity index (χ1n) is 12.4. The summed E-state index contributed by atoms with van der Waals surface area (Å²) in [6.45, 7) is 7.10. The Morgan fingerprint density at radius 2 is 2.03 bits per heavy atom. The SMILES string of the molecule is COc1cc(OCCN2CCOCC2)ccc1Nc1nccc(-c2cnc3c(c2)C(C)(CO)CC3)n1. The summed E-state index contributed by atoms with van der Waals surface area (Å²) in [4.78, 5) is 16.1. The summed E-state index contributed by atoms with van der Waals surface area (Å²) in [5.74, 6) is 1.85. The Morgan fingerprint density at radius 3 is 2.83 bits per heavy atom. The van der Waals surface area contributed by atoms with Crippen LogP contribution in [0.5, 0.6) is 11.5 Å². The lowest BCUT2D eigenvalue weighted by Gasteiger charge is -2.26. The molecule has 5 rings (SSSR count). The van der Waals surface area contributed by atoms with E-state index in [2.05, 4.69) is 33.2 Å². The highest BCUT2D eigenvalue weighted by molar-refractivity contribution is 5.67. The van der Waals surface area contributed by atoms with Gasteiger partial charge in [0.05, 0.1) is 38.3 Å². The molecule has 1 aliphatic heterocycles. The number of nitrogens with zero attached hydrogens (tertiary/aromatic N) is 4. The van der Waals surface area contributed by atoms with Gasteiger partial charge in [-0.2, -0.15) is 0 Å². The van der Waals surface area contributed by atoms with Crippen LogP contribution in [-0.2, 0) is 16.6 Å². The second-order valence-corrected chi connectivity index (χ2v) is 9.49. The molecule has 9 heteroatoms. The molecular weight excluding hydrogens is 458 g/mol. The topological polar surface area (TPSA) is 102 Å². The van der Waals surface area contributed by atoms with Crippen molar-refractivity contribution in [3.8, 4) is 22.8 Å². The summed E-state index contributed by atoms with van der Waals surface area (Å²) >= 11 is 0. The van der Waals surface area contributed by atoms with Crippen molar-refractivity contribution in [1.82, 2.24) is 19.9 Å². The number of rotatable bonds is 9. The summed E-state index contributed by atoms with van der Waals surface area (Å²) in [5.41, 5.74) is 4.30. The number of ether oxygens (including phenoxy) is 3. The molecule has 1 aliphatic carbocycles. The van der Waals surface area contributed by atoms with Crippen LogP contribution < -0.4 is 14.8 Å². The summed E-state index contributed by atoms with van der Waals surface area (Å²) in [6.07, 6.45) is 5.35. The largest absolute Gasteiger partial charge is 0.494 e. The van der Waals surface area contributed by atoms with Crippen molar-refractivity contribution in [2.24, 2.45) is 0 Å². The minimum atomic E-state index is -0.258.